The number of benzene rings is 2. The Kier molecular flexibility index (Phi) is 4.17. The van der Waals surface area contributed by atoms with E-state index in [0.717, 1.165) is 5.56 Å². The maximum Gasteiger partial charge on any atom is 0.142 e. The monoisotopic (exact) mass is 281 g/mol. The Balaban J connectivity index is 2.53. The summed E-state index contributed by atoms with van der Waals surface area (Å²) in [4.78, 5) is 0. The summed E-state index contributed by atoms with van der Waals surface area (Å²) < 4.78 is 27.0. The maximum absolute atomic E-state index is 13.5. The third-order valence-electron chi connectivity index (χ3n) is 2.98. The van der Waals surface area contributed by atoms with Gasteiger partial charge in [0.1, 0.15) is 11.6 Å². The van der Waals surface area contributed by atoms with Crippen LogP contribution in [0, 0.1) is 18.6 Å². The molecule has 0 aliphatic heterocycles. The van der Waals surface area contributed by atoms with Gasteiger partial charge in [-0.15, -0.1) is 0 Å². The Morgan fingerprint density at radius 1 is 1.16 bits per heavy atom. The lowest BCUT2D eigenvalue weighted by Gasteiger charge is -2.19. The predicted molar refractivity (Wildman–Crippen MR) is 73.4 cm³/mol. The zero-order chi connectivity index (χ0) is 14.0. The summed E-state index contributed by atoms with van der Waals surface area (Å²) in [6.45, 7) is 1.81. The van der Waals surface area contributed by atoms with Gasteiger partial charge in [0.15, 0.2) is 0 Å². The zero-order valence-electron chi connectivity index (χ0n) is 10.7. The van der Waals surface area contributed by atoms with E-state index in [0.29, 0.717) is 11.1 Å². The number of aryl methyl sites for hydroxylation is 1. The van der Waals surface area contributed by atoms with Gasteiger partial charge in [-0.25, -0.2) is 8.78 Å². The Morgan fingerprint density at radius 2 is 1.89 bits per heavy atom. The largest absolute Gasteiger partial charge is 0.309 e. The van der Waals surface area contributed by atoms with E-state index in [4.69, 9.17) is 11.6 Å². The first kappa shape index (κ1) is 14.0. The van der Waals surface area contributed by atoms with Crippen LogP contribution < -0.4 is 5.32 Å². The van der Waals surface area contributed by atoms with Crippen LogP contribution in [0.3, 0.4) is 0 Å². The molecule has 0 heterocycles. The Bertz CT molecular complexity index is 578. The normalized spacial score (nSPS) is 12.5. The highest BCUT2D eigenvalue weighted by atomic mass is 35.5. The van der Waals surface area contributed by atoms with Gasteiger partial charge in [0.25, 0.3) is 0 Å². The molecule has 1 atom stereocenters. The summed E-state index contributed by atoms with van der Waals surface area (Å²) in [6, 6.07) is 9.00. The van der Waals surface area contributed by atoms with Crippen LogP contribution in [0.2, 0.25) is 5.02 Å². The van der Waals surface area contributed by atoms with Gasteiger partial charge in [-0.05, 0) is 48.9 Å². The van der Waals surface area contributed by atoms with Gasteiger partial charge in [-0.1, -0.05) is 29.8 Å². The molecule has 0 spiro atoms. The summed E-state index contributed by atoms with van der Waals surface area (Å²) in [6.07, 6.45) is 0. The van der Waals surface area contributed by atoms with E-state index in [1.807, 2.05) is 13.0 Å². The van der Waals surface area contributed by atoms with Crippen LogP contribution in [0.1, 0.15) is 22.7 Å². The van der Waals surface area contributed by atoms with Crippen molar-refractivity contribution in [1.29, 1.82) is 0 Å². The van der Waals surface area contributed by atoms with Gasteiger partial charge >= 0.3 is 0 Å². The number of rotatable bonds is 3. The second-order valence-corrected chi connectivity index (χ2v) is 4.80. The Labute approximate surface area is 116 Å². The van der Waals surface area contributed by atoms with Crippen molar-refractivity contribution >= 4 is 11.6 Å². The fourth-order valence-corrected chi connectivity index (χ4v) is 2.41. The van der Waals surface area contributed by atoms with Crippen molar-refractivity contribution in [2.75, 3.05) is 7.05 Å². The molecule has 0 aliphatic carbocycles. The van der Waals surface area contributed by atoms with Crippen LogP contribution in [0.25, 0.3) is 0 Å². The molecule has 4 heteroatoms. The predicted octanol–water partition coefficient (Wildman–Crippen LogP) is 4.24. The van der Waals surface area contributed by atoms with Crippen molar-refractivity contribution in [2.24, 2.45) is 0 Å². The third kappa shape index (κ3) is 2.94. The van der Waals surface area contributed by atoms with Gasteiger partial charge < -0.3 is 5.32 Å². The molecule has 100 valence electrons. The summed E-state index contributed by atoms with van der Waals surface area (Å²) in [5, 5.41) is 3.10. The highest BCUT2D eigenvalue weighted by Gasteiger charge is 2.18. The molecule has 0 saturated carbocycles. The molecule has 1 N–H and O–H groups in total. The smallest absolute Gasteiger partial charge is 0.142 e. The minimum absolute atomic E-state index is 0.0590. The van der Waals surface area contributed by atoms with E-state index in [1.165, 1.54) is 18.2 Å². The molecule has 1 nitrogen and oxygen atoms in total. The van der Waals surface area contributed by atoms with Gasteiger partial charge in [0.05, 0.1) is 11.1 Å². The standard InChI is InChI=1S/C15H14ClF2N/c1-9-6-10(8-11(17)7-9)15(19-2)12-4-3-5-13(18)14(12)16/h3-8,15,19H,1-2H3. The average Bonchev–Trinajstić information content (AvgIpc) is 2.34. The molecule has 0 amide bonds. The van der Waals surface area contributed by atoms with Crippen molar-refractivity contribution in [3.63, 3.8) is 0 Å². The minimum atomic E-state index is -0.479. The van der Waals surface area contributed by atoms with Crippen molar-refractivity contribution in [3.8, 4) is 0 Å². The summed E-state index contributed by atoms with van der Waals surface area (Å²) in [5.41, 5.74) is 2.12. The van der Waals surface area contributed by atoms with Gasteiger partial charge in [-0.2, -0.15) is 0 Å². The van der Waals surface area contributed by atoms with Crippen molar-refractivity contribution in [2.45, 2.75) is 13.0 Å². The molecule has 1 unspecified atom stereocenters. The molecule has 0 bridgehead atoms. The molecule has 2 rings (SSSR count). The van der Waals surface area contributed by atoms with Crippen molar-refractivity contribution in [1.82, 2.24) is 5.32 Å². The van der Waals surface area contributed by atoms with E-state index < -0.39 is 5.82 Å². The van der Waals surface area contributed by atoms with Crippen molar-refractivity contribution < 1.29 is 8.78 Å². The lowest BCUT2D eigenvalue weighted by molar-refractivity contribution is 0.608. The second-order valence-electron chi connectivity index (χ2n) is 4.43. The summed E-state index contributed by atoms with van der Waals surface area (Å²) >= 11 is 5.99. The number of halogens is 3. The lowest BCUT2D eigenvalue weighted by atomic mass is 9.97. The van der Waals surface area contributed by atoms with Crippen LogP contribution in [0.5, 0.6) is 0 Å². The van der Waals surface area contributed by atoms with E-state index in [9.17, 15) is 8.78 Å². The second kappa shape index (κ2) is 5.68. The molecule has 0 fully saturated rings. The first-order valence-electron chi connectivity index (χ1n) is 5.91. The SMILES string of the molecule is CNC(c1cc(C)cc(F)c1)c1cccc(F)c1Cl. The average molecular weight is 282 g/mol. The molecular weight excluding hydrogens is 268 g/mol. The summed E-state index contributed by atoms with van der Waals surface area (Å²) in [7, 11) is 1.73. The zero-order valence-corrected chi connectivity index (χ0v) is 11.4. The Morgan fingerprint density at radius 3 is 2.53 bits per heavy atom. The molecule has 19 heavy (non-hydrogen) atoms. The number of nitrogens with one attached hydrogen (secondary N) is 1. The van der Waals surface area contributed by atoms with Gasteiger partial charge in [0.2, 0.25) is 0 Å². The highest BCUT2D eigenvalue weighted by Crippen LogP contribution is 2.30. The van der Waals surface area contributed by atoms with Crippen LogP contribution >= 0.6 is 11.6 Å². The third-order valence-corrected chi connectivity index (χ3v) is 3.38. The van der Waals surface area contributed by atoms with Gasteiger partial charge in [-0.3, -0.25) is 0 Å². The first-order valence-corrected chi connectivity index (χ1v) is 6.29. The van der Waals surface area contributed by atoms with Gasteiger partial charge in [0, 0.05) is 0 Å². The number of hydrogen-bond donors (Lipinski definition) is 1. The molecule has 0 saturated heterocycles. The summed E-state index contributed by atoms with van der Waals surface area (Å²) in [5.74, 6) is -0.796. The van der Waals surface area contributed by atoms with E-state index in [1.54, 1.807) is 19.2 Å². The first-order chi connectivity index (χ1) is 9.02. The van der Waals surface area contributed by atoms with E-state index in [2.05, 4.69) is 5.32 Å². The number of hydrogen-bond acceptors (Lipinski definition) is 1. The molecule has 0 aliphatic rings. The highest BCUT2D eigenvalue weighted by molar-refractivity contribution is 6.31. The molecule has 2 aromatic carbocycles. The van der Waals surface area contributed by atoms with E-state index >= 15 is 0 Å². The molecule has 2 aromatic rings. The minimum Gasteiger partial charge on any atom is -0.309 e. The molecular formula is C15H14ClF2N. The Hall–Kier alpha value is -1.45. The van der Waals surface area contributed by atoms with Crippen LogP contribution in [-0.4, -0.2) is 7.05 Å². The fourth-order valence-electron chi connectivity index (χ4n) is 2.18. The molecule has 0 radical (unpaired) electrons. The fraction of sp³-hybridized carbons (Fsp3) is 0.200. The van der Waals surface area contributed by atoms with Crippen LogP contribution in [0.4, 0.5) is 8.78 Å². The van der Waals surface area contributed by atoms with Crippen LogP contribution in [-0.2, 0) is 0 Å². The van der Waals surface area contributed by atoms with Crippen LogP contribution in [0.15, 0.2) is 36.4 Å². The van der Waals surface area contributed by atoms with Crippen molar-refractivity contribution in [3.05, 3.63) is 69.7 Å². The lowest BCUT2D eigenvalue weighted by Crippen LogP contribution is -2.18. The topological polar surface area (TPSA) is 12.0 Å². The maximum atomic E-state index is 13.5. The molecule has 0 aromatic heterocycles. The quantitative estimate of drug-likeness (QED) is 0.887. The van der Waals surface area contributed by atoms with E-state index in [-0.39, 0.29) is 16.9 Å².